The number of hydrogen-bond acceptors (Lipinski definition) is 4. The van der Waals surface area contributed by atoms with Gasteiger partial charge in [-0.1, -0.05) is 53.9 Å². The number of carbonyl (C=O) groups excluding carboxylic acids is 2. The molecule has 192 valence electrons. The summed E-state index contributed by atoms with van der Waals surface area (Å²) in [4.78, 5) is 28.1. The van der Waals surface area contributed by atoms with E-state index in [-0.39, 0.29) is 28.2 Å². The van der Waals surface area contributed by atoms with Crippen LogP contribution in [0.15, 0.2) is 42.5 Å². The summed E-state index contributed by atoms with van der Waals surface area (Å²) in [5.41, 5.74) is 0.414. The van der Waals surface area contributed by atoms with Crippen molar-refractivity contribution in [1.82, 2.24) is 10.2 Å². The number of nitrogens with one attached hydrogen (secondary N) is 1. The second-order valence-electron chi connectivity index (χ2n) is 9.18. The fraction of sp³-hybridized carbons (Fsp3) is 0.417. The molecule has 0 radical (unpaired) electrons. The highest BCUT2D eigenvalue weighted by molar-refractivity contribution is 7.92. The Bertz CT molecular complexity index is 1170. The third kappa shape index (κ3) is 8.56. The number of hydrogen-bond donors (Lipinski definition) is 1. The van der Waals surface area contributed by atoms with E-state index in [4.69, 9.17) is 34.8 Å². The molecule has 0 aromatic heterocycles. The van der Waals surface area contributed by atoms with Crippen LogP contribution in [0.5, 0.6) is 0 Å². The molecule has 2 aromatic rings. The molecule has 0 aliphatic heterocycles. The van der Waals surface area contributed by atoms with Crippen LogP contribution in [-0.2, 0) is 26.2 Å². The number of sulfonamides is 1. The maximum absolute atomic E-state index is 13.6. The van der Waals surface area contributed by atoms with Crippen molar-refractivity contribution < 1.29 is 18.0 Å². The smallest absolute Gasteiger partial charge is 0.244 e. The van der Waals surface area contributed by atoms with Gasteiger partial charge in [-0.05, 0) is 63.1 Å². The topological polar surface area (TPSA) is 86.8 Å². The summed E-state index contributed by atoms with van der Waals surface area (Å²) in [5.74, 6) is -0.880. The summed E-state index contributed by atoms with van der Waals surface area (Å²) in [6.07, 6.45) is 1.32. The second-order valence-corrected chi connectivity index (χ2v) is 12.3. The van der Waals surface area contributed by atoms with Crippen LogP contribution in [0, 0.1) is 0 Å². The zero-order valence-electron chi connectivity index (χ0n) is 20.3. The molecule has 2 rings (SSSR count). The lowest BCUT2D eigenvalue weighted by atomic mass is 10.1. The Morgan fingerprint density at radius 3 is 2.09 bits per heavy atom. The molecule has 2 amide bonds. The Morgan fingerprint density at radius 2 is 1.60 bits per heavy atom. The van der Waals surface area contributed by atoms with Crippen LogP contribution in [0.2, 0.25) is 15.1 Å². The minimum absolute atomic E-state index is 0.0883. The largest absolute Gasteiger partial charge is 0.350 e. The molecule has 7 nitrogen and oxygen atoms in total. The fourth-order valence-corrected chi connectivity index (χ4v) is 4.67. The van der Waals surface area contributed by atoms with Crippen molar-refractivity contribution in [2.45, 2.75) is 52.2 Å². The first-order valence-electron chi connectivity index (χ1n) is 10.9. The first-order valence-corrected chi connectivity index (χ1v) is 13.9. The molecule has 35 heavy (non-hydrogen) atoms. The van der Waals surface area contributed by atoms with E-state index in [1.54, 1.807) is 31.2 Å². The zero-order chi connectivity index (χ0) is 26.6. The van der Waals surface area contributed by atoms with E-state index in [0.717, 1.165) is 16.1 Å². The summed E-state index contributed by atoms with van der Waals surface area (Å²) in [6, 6.07) is 10.4. The van der Waals surface area contributed by atoms with Crippen LogP contribution >= 0.6 is 34.8 Å². The Labute approximate surface area is 222 Å². The van der Waals surface area contributed by atoms with Gasteiger partial charge in [0, 0.05) is 17.1 Å². The highest BCUT2D eigenvalue weighted by Gasteiger charge is 2.33. The Kier molecular flexibility index (Phi) is 9.87. The number of amides is 2. The maximum atomic E-state index is 13.6. The molecule has 0 aliphatic carbocycles. The van der Waals surface area contributed by atoms with Crippen LogP contribution < -0.4 is 9.62 Å². The van der Waals surface area contributed by atoms with Crippen LogP contribution in [0.4, 0.5) is 5.69 Å². The average Bonchev–Trinajstić information content (AvgIpc) is 2.73. The van der Waals surface area contributed by atoms with E-state index in [0.29, 0.717) is 11.4 Å². The van der Waals surface area contributed by atoms with Crippen molar-refractivity contribution in [3.05, 3.63) is 63.1 Å². The Morgan fingerprint density at radius 1 is 1.00 bits per heavy atom. The van der Waals surface area contributed by atoms with E-state index in [2.05, 4.69) is 5.32 Å². The molecule has 0 saturated heterocycles. The summed E-state index contributed by atoms with van der Waals surface area (Å²) in [7, 11) is -3.87. The highest BCUT2D eigenvalue weighted by atomic mass is 35.5. The number of rotatable bonds is 9. The van der Waals surface area contributed by atoms with Crippen molar-refractivity contribution in [2.75, 3.05) is 17.1 Å². The molecule has 0 heterocycles. The van der Waals surface area contributed by atoms with Gasteiger partial charge in [-0.2, -0.15) is 0 Å². The average molecular weight is 563 g/mol. The van der Waals surface area contributed by atoms with Crippen molar-refractivity contribution in [1.29, 1.82) is 0 Å². The van der Waals surface area contributed by atoms with E-state index in [1.165, 1.54) is 23.1 Å². The lowest BCUT2D eigenvalue weighted by molar-refractivity contribution is -0.141. The third-order valence-corrected chi connectivity index (χ3v) is 7.15. The van der Waals surface area contributed by atoms with Gasteiger partial charge in [0.25, 0.3) is 0 Å². The maximum Gasteiger partial charge on any atom is 0.244 e. The number of anilines is 1. The van der Waals surface area contributed by atoms with Crippen molar-refractivity contribution in [2.24, 2.45) is 0 Å². The Hall–Kier alpha value is -2.00. The number of benzene rings is 2. The fourth-order valence-electron chi connectivity index (χ4n) is 3.41. The molecule has 1 atom stereocenters. The lowest BCUT2D eigenvalue weighted by Gasteiger charge is -2.34. The van der Waals surface area contributed by atoms with Gasteiger partial charge in [0.2, 0.25) is 21.8 Å². The molecule has 2 aromatic carbocycles. The SMILES string of the molecule is CC[C@H](C(=O)NC(C)(C)C)N(Cc1ccc(Cl)cc1)C(=O)CN(c1ccc(Cl)c(Cl)c1)S(C)(=O)=O. The van der Waals surface area contributed by atoms with E-state index >= 15 is 0 Å². The van der Waals surface area contributed by atoms with Crippen LogP contribution in [-0.4, -0.2) is 49.5 Å². The predicted molar refractivity (Wildman–Crippen MR) is 143 cm³/mol. The lowest BCUT2D eigenvalue weighted by Crippen LogP contribution is -2.55. The summed E-state index contributed by atoms with van der Waals surface area (Å²) < 4.78 is 26.2. The molecule has 0 aliphatic rings. The van der Waals surface area contributed by atoms with Gasteiger partial charge in [-0.25, -0.2) is 8.42 Å². The van der Waals surface area contributed by atoms with Crippen molar-refractivity contribution in [3.63, 3.8) is 0 Å². The molecule has 0 saturated carbocycles. The molecular weight excluding hydrogens is 533 g/mol. The Balaban J connectivity index is 2.47. The number of nitrogens with zero attached hydrogens (tertiary/aromatic N) is 2. The van der Waals surface area contributed by atoms with Crippen LogP contribution in [0.1, 0.15) is 39.7 Å². The minimum atomic E-state index is -3.87. The molecule has 0 fully saturated rings. The van der Waals surface area contributed by atoms with Crippen molar-refractivity contribution in [3.8, 4) is 0 Å². The molecule has 1 N–H and O–H groups in total. The van der Waals surface area contributed by atoms with Crippen LogP contribution in [0.25, 0.3) is 0 Å². The monoisotopic (exact) mass is 561 g/mol. The molecule has 0 unspecified atom stereocenters. The molecular formula is C24H30Cl3N3O4S. The van der Waals surface area contributed by atoms with Crippen molar-refractivity contribution >= 4 is 62.3 Å². The van der Waals surface area contributed by atoms with E-state index in [9.17, 15) is 18.0 Å². The predicted octanol–water partition coefficient (Wildman–Crippen LogP) is 5.13. The van der Waals surface area contributed by atoms with Gasteiger partial charge < -0.3 is 10.2 Å². The zero-order valence-corrected chi connectivity index (χ0v) is 23.4. The third-order valence-electron chi connectivity index (χ3n) is 5.02. The number of halogens is 3. The van der Waals surface area contributed by atoms with Gasteiger partial charge in [0.1, 0.15) is 12.6 Å². The highest BCUT2D eigenvalue weighted by Crippen LogP contribution is 2.29. The second kappa shape index (κ2) is 11.8. The van der Waals surface area contributed by atoms with Gasteiger partial charge >= 0.3 is 0 Å². The van der Waals surface area contributed by atoms with Gasteiger partial charge in [-0.15, -0.1) is 0 Å². The van der Waals surface area contributed by atoms with Crippen LogP contribution in [0.3, 0.4) is 0 Å². The first kappa shape index (κ1) is 29.2. The number of carbonyl (C=O) groups is 2. The normalized spacial score (nSPS) is 12.7. The summed E-state index contributed by atoms with van der Waals surface area (Å²) in [6.45, 7) is 6.90. The van der Waals surface area contributed by atoms with Gasteiger partial charge in [0.05, 0.1) is 22.0 Å². The standard InChI is InChI=1S/C24H30Cl3N3O4S/c1-6-21(23(32)28-24(2,3)4)29(14-16-7-9-17(25)10-8-16)22(31)15-30(35(5,33)34)18-11-12-19(26)20(27)13-18/h7-13,21H,6,14-15H2,1-5H3,(H,28,32)/t21-/m1/s1. The molecule has 11 heteroatoms. The van der Waals surface area contributed by atoms with Gasteiger partial charge in [-0.3, -0.25) is 13.9 Å². The summed E-state index contributed by atoms with van der Waals surface area (Å²) >= 11 is 18.1. The molecule has 0 spiro atoms. The first-order chi connectivity index (χ1) is 16.1. The van der Waals surface area contributed by atoms with Gasteiger partial charge in [0.15, 0.2) is 0 Å². The minimum Gasteiger partial charge on any atom is -0.350 e. The quantitative estimate of drug-likeness (QED) is 0.459. The van der Waals surface area contributed by atoms with E-state index in [1.807, 2.05) is 20.8 Å². The molecule has 0 bridgehead atoms. The summed E-state index contributed by atoms with van der Waals surface area (Å²) in [5, 5.41) is 3.85. The van der Waals surface area contributed by atoms with E-state index < -0.39 is 34.1 Å².